The third-order valence-corrected chi connectivity index (χ3v) is 2.06. The van der Waals surface area contributed by atoms with Crippen molar-refractivity contribution in [3.63, 3.8) is 0 Å². The van der Waals surface area contributed by atoms with Crippen molar-refractivity contribution in [3.05, 3.63) is 36.2 Å². The van der Waals surface area contributed by atoms with Gasteiger partial charge in [-0.15, -0.1) is 0 Å². The summed E-state index contributed by atoms with van der Waals surface area (Å²) in [4.78, 5) is 14.3. The Balaban J connectivity index is 2.11. The first-order chi connectivity index (χ1) is 8.19. The second kappa shape index (κ2) is 4.56. The van der Waals surface area contributed by atoms with E-state index in [1.807, 2.05) is 0 Å². The zero-order chi connectivity index (χ0) is 12.3. The predicted octanol–water partition coefficient (Wildman–Crippen LogP) is 2.12. The van der Waals surface area contributed by atoms with Crippen LogP contribution in [0.3, 0.4) is 0 Å². The molecule has 0 bridgehead atoms. The number of rotatable bonds is 4. The molecule has 0 radical (unpaired) electrons. The Hall–Kier alpha value is -2.50. The van der Waals surface area contributed by atoms with Crippen LogP contribution in [0.5, 0.6) is 5.75 Å². The summed E-state index contributed by atoms with van der Waals surface area (Å²) < 4.78 is 9.96. The van der Waals surface area contributed by atoms with Gasteiger partial charge in [-0.25, -0.2) is 4.79 Å². The SMILES string of the molecule is COc1ccc(Nc2nc(C(=O)O)co2)cc1. The lowest BCUT2D eigenvalue weighted by Crippen LogP contribution is -1.97. The van der Waals surface area contributed by atoms with Crippen molar-refractivity contribution in [1.82, 2.24) is 4.98 Å². The minimum absolute atomic E-state index is 0.132. The summed E-state index contributed by atoms with van der Waals surface area (Å²) >= 11 is 0. The number of anilines is 2. The van der Waals surface area contributed by atoms with Crippen molar-refractivity contribution in [2.24, 2.45) is 0 Å². The number of nitrogens with one attached hydrogen (secondary N) is 1. The van der Waals surface area contributed by atoms with Gasteiger partial charge in [0, 0.05) is 5.69 Å². The smallest absolute Gasteiger partial charge is 0.357 e. The zero-order valence-corrected chi connectivity index (χ0v) is 9.01. The molecule has 2 rings (SSSR count). The van der Waals surface area contributed by atoms with Gasteiger partial charge in [-0.2, -0.15) is 4.98 Å². The molecule has 2 aromatic rings. The van der Waals surface area contributed by atoms with Crippen LogP contribution in [-0.4, -0.2) is 23.2 Å². The highest BCUT2D eigenvalue weighted by Crippen LogP contribution is 2.19. The lowest BCUT2D eigenvalue weighted by Gasteiger charge is -2.02. The van der Waals surface area contributed by atoms with Gasteiger partial charge < -0.3 is 19.6 Å². The van der Waals surface area contributed by atoms with Crippen molar-refractivity contribution >= 4 is 17.7 Å². The monoisotopic (exact) mass is 234 g/mol. The highest BCUT2D eigenvalue weighted by Gasteiger charge is 2.10. The lowest BCUT2D eigenvalue weighted by molar-refractivity contribution is 0.0690. The van der Waals surface area contributed by atoms with E-state index < -0.39 is 5.97 Å². The summed E-state index contributed by atoms with van der Waals surface area (Å²) in [5, 5.41) is 11.5. The maximum absolute atomic E-state index is 10.6. The second-order valence-electron chi connectivity index (χ2n) is 3.20. The highest BCUT2D eigenvalue weighted by atomic mass is 16.5. The minimum atomic E-state index is -1.13. The number of nitrogens with zero attached hydrogens (tertiary/aromatic N) is 1. The predicted molar refractivity (Wildman–Crippen MR) is 59.7 cm³/mol. The van der Waals surface area contributed by atoms with Crippen molar-refractivity contribution < 1.29 is 19.1 Å². The van der Waals surface area contributed by atoms with E-state index in [0.29, 0.717) is 0 Å². The molecule has 0 aliphatic heterocycles. The molecular formula is C11H10N2O4. The summed E-state index contributed by atoms with van der Waals surface area (Å²) in [7, 11) is 1.58. The average molecular weight is 234 g/mol. The number of methoxy groups -OCH3 is 1. The van der Waals surface area contributed by atoms with Gasteiger partial charge in [-0.1, -0.05) is 0 Å². The first kappa shape index (κ1) is 11.0. The maximum atomic E-state index is 10.6. The molecule has 0 spiro atoms. The Morgan fingerprint density at radius 1 is 1.41 bits per heavy atom. The van der Waals surface area contributed by atoms with Crippen molar-refractivity contribution in [1.29, 1.82) is 0 Å². The number of aromatic carboxylic acids is 1. The van der Waals surface area contributed by atoms with Gasteiger partial charge in [0.05, 0.1) is 7.11 Å². The topological polar surface area (TPSA) is 84.6 Å². The van der Waals surface area contributed by atoms with Gasteiger partial charge in [0.25, 0.3) is 6.01 Å². The van der Waals surface area contributed by atoms with Crippen LogP contribution in [0, 0.1) is 0 Å². The summed E-state index contributed by atoms with van der Waals surface area (Å²) in [6.07, 6.45) is 1.08. The van der Waals surface area contributed by atoms with E-state index in [-0.39, 0.29) is 11.7 Å². The molecule has 1 heterocycles. The molecule has 6 heteroatoms. The highest BCUT2D eigenvalue weighted by molar-refractivity contribution is 5.85. The standard InChI is InChI=1S/C11H10N2O4/c1-16-8-4-2-7(3-5-8)12-11-13-9(6-17-11)10(14)15/h2-6H,1H3,(H,12,13)(H,14,15). The number of carboxylic acid groups (broad SMARTS) is 1. The molecule has 0 aliphatic rings. The van der Waals surface area contributed by atoms with Crippen LogP contribution in [0.2, 0.25) is 0 Å². The third kappa shape index (κ3) is 2.54. The van der Waals surface area contributed by atoms with E-state index in [2.05, 4.69) is 10.3 Å². The first-order valence-electron chi connectivity index (χ1n) is 4.79. The van der Waals surface area contributed by atoms with Crippen molar-refractivity contribution in [2.45, 2.75) is 0 Å². The minimum Gasteiger partial charge on any atom is -0.497 e. The second-order valence-corrected chi connectivity index (χ2v) is 3.20. The van der Waals surface area contributed by atoms with Crippen LogP contribution in [0.1, 0.15) is 10.5 Å². The molecule has 0 fully saturated rings. The van der Waals surface area contributed by atoms with E-state index in [0.717, 1.165) is 17.7 Å². The van der Waals surface area contributed by atoms with Gasteiger partial charge in [0.2, 0.25) is 0 Å². The number of ether oxygens (including phenoxy) is 1. The molecule has 6 nitrogen and oxygen atoms in total. The fourth-order valence-electron chi connectivity index (χ4n) is 1.23. The number of benzene rings is 1. The number of aromatic nitrogens is 1. The third-order valence-electron chi connectivity index (χ3n) is 2.06. The van der Waals surface area contributed by atoms with E-state index in [4.69, 9.17) is 14.3 Å². The van der Waals surface area contributed by atoms with E-state index in [9.17, 15) is 4.79 Å². The largest absolute Gasteiger partial charge is 0.497 e. The van der Waals surface area contributed by atoms with Crippen LogP contribution in [0.25, 0.3) is 0 Å². The van der Waals surface area contributed by atoms with Gasteiger partial charge in [0.15, 0.2) is 5.69 Å². The maximum Gasteiger partial charge on any atom is 0.357 e. The number of carboxylic acids is 1. The van der Waals surface area contributed by atoms with E-state index in [1.54, 1.807) is 31.4 Å². The quantitative estimate of drug-likeness (QED) is 0.842. The summed E-state index contributed by atoms with van der Waals surface area (Å²) in [5.74, 6) is -0.397. The van der Waals surface area contributed by atoms with Crippen LogP contribution >= 0.6 is 0 Å². The fourth-order valence-corrected chi connectivity index (χ4v) is 1.23. The average Bonchev–Trinajstić information content (AvgIpc) is 2.79. The van der Waals surface area contributed by atoms with Crippen LogP contribution in [0.15, 0.2) is 34.9 Å². The normalized spacial score (nSPS) is 9.94. The van der Waals surface area contributed by atoms with E-state index in [1.165, 1.54) is 0 Å². The Morgan fingerprint density at radius 3 is 2.65 bits per heavy atom. The Kier molecular flexibility index (Phi) is 2.95. The number of hydrogen-bond acceptors (Lipinski definition) is 5. The first-order valence-corrected chi connectivity index (χ1v) is 4.79. The van der Waals surface area contributed by atoms with Crippen LogP contribution in [0.4, 0.5) is 11.7 Å². The molecule has 0 saturated carbocycles. The lowest BCUT2D eigenvalue weighted by atomic mass is 10.3. The molecule has 17 heavy (non-hydrogen) atoms. The van der Waals surface area contributed by atoms with Crippen molar-refractivity contribution in [2.75, 3.05) is 12.4 Å². The molecule has 0 atom stereocenters. The van der Waals surface area contributed by atoms with Crippen LogP contribution in [-0.2, 0) is 0 Å². The summed E-state index contributed by atoms with van der Waals surface area (Å²) in [6, 6.07) is 7.20. The molecule has 1 aromatic carbocycles. The molecule has 0 aliphatic carbocycles. The molecule has 0 unspecified atom stereocenters. The van der Waals surface area contributed by atoms with Gasteiger partial charge in [-0.3, -0.25) is 0 Å². The Labute approximate surface area is 96.9 Å². The van der Waals surface area contributed by atoms with Gasteiger partial charge in [0.1, 0.15) is 12.0 Å². The molecule has 2 N–H and O–H groups in total. The number of oxazole rings is 1. The van der Waals surface area contributed by atoms with Crippen molar-refractivity contribution in [3.8, 4) is 5.75 Å². The van der Waals surface area contributed by atoms with Gasteiger partial charge in [-0.05, 0) is 24.3 Å². The number of carbonyl (C=O) groups is 1. The number of hydrogen-bond donors (Lipinski definition) is 2. The molecular weight excluding hydrogens is 224 g/mol. The molecule has 88 valence electrons. The zero-order valence-electron chi connectivity index (χ0n) is 9.01. The summed E-state index contributed by atoms with van der Waals surface area (Å²) in [6.45, 7) is 0. The summed E-state index contributed by atoms with van der Waals surface area (Å²) in [5.41, 5.74) is 0.589. The van der Waals surface area contributed by atoms with Gasteiger partial charge >= 0.3 is 5.97 Å². The Bertz CT molecular complexity index is 519. The van der Waals surface area contributed by atoms with Crippen LogP contribution < -0.4 is 10.1 Å². The Morgan fingerprint density at radius 2 is 2.12 bits per heavy atom. The molecule has 1 aromatic heterocycles. The fraction of sp³-hybridized carbons (Fsp3) is 0.0909. The van der Waals surface area contributed by atoms with E-state index >= 15 is 0 Å². The molecule has 0 saturated heterocycles. The molecule has 0 amide bonds.